The highest BCUT2D eigenvalue weighted by atomic mass is 19.3. The number of esters is 1. The van der Waals surface area contributed by atoms with Crippen molar-refractivity contribution in [3.8, 4) is 0 Å². The number of carbonyl (C=O) groups is 2. The van der Waals surface area contributed by atoms with Gasteiger partial charge in [0.05, 0.1) is 13.7 Å². The fourth-order valence-electron chi connectivity index (χ4n) is 0.930. The number of ether oxygens (including phenoxy) is 3. The van der Waals surface area contributed by atoms with E-state index >= 15 is 0 Å². The lowest BCUT2D eigenvalue weighted by molar-refractivity contribution is -0.156. The number of alkyl carbamates (subject to hydrolysis) is 1. The van der Waals surface area contributed by atoms with Crippen molar-refractivity contribution in [1.29, 1.82) is 0 Å². The van der Waals surface area contributed by atoms with Crippen LogP contribution in [-0.4, -0.2) is 44.0 Å². The zero-order chi connectivity index (χ0) is 14.3. The van der Waals surface area contributed by atoms with Crippen molar-refractivity contribution in [1.82, 2.24) is 5.32 Å². The number of amides is 1. The van der Waals surface area contributed by atoms with E-state index in [9.17, 15) is 18.4 Å². The number of hydrogen-bond donors (Lipinski definition) is 1. The van der Waals surface area contributed by atoms with Crippen LogP contribution in [0.4, 0.5) is 13.6 Å². The molecule has 0 aromatic heterocycles. The van der Waals surface area contributed by atoms with Gasteiger partial charge in [0.25, 0.3) is 0 Å². The van der Waals surface area contributed by atoms with Gasteiger partial charge in [-0.1, -0.05) is 0 Å². The highest BCUT2D eigenvalue weighted by Crippen LogP contribution is 2.07. The van der Waals surface area contributed by atoms with E-state index in [-0.39, 0.29) is 0 Å². The Hall–Kier alpha value is -1.44. The van der Waals surface area contributed by atoms with Crippen LogP contribution in [0.25, 0.3) is 0 Å². The summed E-state index contributed by atoms with van der Waals surface area (Å²) in [7, 11) is 1.06. The van der Waals surface area contributed by atoms with Crippen molar-refractivity contribution in [2.24, 2.45) is 0 Å². The second-order valence-electron chi connectivity index (χ2n) is 4.32. The SMILES string of the molecule is COC(=O)[C@@H](COC(F)F)NC(=O)OC(C)(C)C. The maximum Gasteiger partial charge on any atom is 0.408 e. The van der Waals surface area contributed by atoms with Crippen LogP contribution in [0.2, 0.25) is 0 Å². The summed E-state index contributed by atoms with van der Waals surface area (Å²) in [5, 5.41) is 2.09. The van der Waals surface area contributed by atoms with Crippen LogP contribution in [0.5, 0.6) is 0 Å². The lowest BCUT2D eigenvalue weighted by Gasteiger charge is -2.22. The molecule has 0 spiro atoms. The lowest BCUT2D eigenvalue weighted by atomic mass is 10.2. The summed E-state index contributed by atoms with van der Waals surface area (Å²) < 4.78 is 36.9. The third-order valence-corrected chi connectivity index (χ3v) is 1.57. The van der Waals surface area contributed by atoms with Gasteiger partial charge in [0.1, 0.15) is 5.60 Å². The summed E-state index contributed by atoms with van der Waals surface area (Å²) in [6.45, 7) is 1.11. The number of hydrogen-bond acceptors (Lipinski definition) is 5. The number of carbonyl (C=O) groups excluding carboxylic acids is 2. The van der Waals surface area contributed by atoms with Gasteiger partial charge in [0.2, 0.25) is 0 Å². The van der Waals surface area contributed by atoms with E-state index in [2.05, 4.69) is 14.8 Å². The van der Waals surface area contributed by atoms with Crippen LogP contribution in [0.3, 0.4) is 0 Å². The summed E-state index contributed by atoms with van der Waals surface area (Å²) in [5.74, 6) is -0.901. The van der Waals surface area contributed by atoms with Gasteiger partial charge in [0.15, 0.2) is 6.04 Å². The van der Waals surface area contributed by atoms with Crippen LogP contribution in [0, 0.1) is 0 Å². The molecular weight excluding hydrogens is 252 g/mol. The molecular formula is C10H17F2NO5. The van der Waals surface area contributed by atoms with Gasteiger partial charge in [-0.2, -0.15) is 8.78 Å². The summed E-state index contributed by atoms with van der Waals surface area (Å²) in [6, 6.07) is -1.35. The molecule has 0 radical (unpaired) electrons. The van der Waals surface area contributed by atoms with Gasteiger partial charge in [-0.3, -0.25) is 0 Å². The molecule has 0 saturated carbocycles. The van der Waals surface area contributed by atoms with Gasteiger partial charge in [-0.05, 0) is 20.8 Å². The number of methoxy groups -OCH3 is 1. The molecule has 0 rings (SSSR count). The van der Waals surface area contributed by atoms with Crippen LogP contribution in [0.1, 0.15) is 20.8 Å². The summed E-state index contributed by atoms with van der Waals surface area (Å²) in [4.78, 5) is 22.6. The number of rotatable bonds is 5. The predicted octanol–water partition coefficient (Wildman–Crippen LogP) is 1.29. The third kappa shape index (κ3) is 7.77. The Labute approximate surface area is 104 Å². The first-order valence-corrected chi connectivity index (χ1v) is 5.13. The molecule has 0 unspecified atom stereocenters. The zero-order valence-corrected chi connectivity index (χ0v) is 10.7. The highest BCUT2D eigenvalue weighted by molar-refractivity contribution is 5.81. The minimum atomic E-state index is -3.04. The van der Waals surface area contributed by atoms with Gasteiger partial charge >= 0.3 is 18.7 Å². The van der Waals surface area contributed by atoms with Crippen molar-refractivity contribution >= 4 is 12.1 Å². The maximum absolute atomic E-state index is 11.9. The molecule has 0 aromatic carbocycles. The average molecular weight is 269 g/mol. The highest BCUT2D eigenvalue weighted by Gasteiger charge is 2.26. The number of alkyl halides is 2. The molecule has 0 aliphatic carbocycles. The maximum atomic E-state index is 11.9. The van der Waals surface area contributed by atoms with E-state index in [0.717, 1.165) is 7.11 Å². The van der Waals surface area contributed by atoms with E-state index in [1.165, 1.54) is 0 Å². The van der Waals surface area contributed by atoms with Crippen LogP contribution >= 0.6 is 0 Å². The standard InChI is InChI=1S/C10H17F2NO5/c1-10(2,3)18-9(15)13-6(7(14)16-4)5-17-8(11)12/h6,8H,5H2,1-4H3,(H,13,15)/t6-/m1/s1. The molecule has 1 atom stereocenters. The Bertz CT molecular complexity index is 290. The Morgan fingerprint density at radius 2 is 1.83 bits per heavy atom. The first-order chi connectivity index (χ1) is 8.15. The fraction of sp³-hybridized carbons (Fsp3) is 0.800. The minimum Gasteiger partial charge on any atom is -0.467 e. The topological polar surface area (TPSA) is 73.9 Å². The molecule has 18 heavy (non-hydrogen) atoms. The second-order valence-corrected chi connectivity index (χ2v) is 4.32. The van der Waals surface area contributed by atoms with E-state index < -0.39 is 36.9 Å². The molecule has 0 aliphatic rings. The smallest absolute Gasteiger partial charge is 0.408 e. The summed E-state index contributed by atoms with van der Waals surface area (Å²) in [6.07, 6.45) is -0.921. The van der Waals surface area contributed by atoms with Crippen LogP contribution in [0.15, 0.2) is 0 Å². The molecule has 8 heteroatoms. The van der Waals surface area contributed by atoms with E-state index in [0.29, 0.717) is 0 Å². The van der Waals surface area contributed by atoms with Gasteiger partial charge in [-0.25, -0.2) is 9.59 Å². The minimum absolute atomic E-state index is 0.705. The van der Waals surface area contributed by atoms with Crippen molar-refractivity contribution in [3.63, 3.8) is 0 Å². The molecule has 0 heterocycles. The zero-order valence-electron chi connectivity index (χ0n) is 10.7. The normalized spacial score (nSPS) is 13.1. The Balaban J connectivity index is 4.40. The number of halogens is 2. The molecule has 1 amide bonds. The average Bonchev–Trinajstić information content (AvgIpc) is 2.20. The molecule has 6 nitrogen and oxygen atoms in total. The summed E-state index contributed by atoms with van der Waals surface area (Å²) >= 11 is 0. The van der Waals surface area contributed by atoms with E-state index in [1.54, 1.807) is 20.8 Å². The molecule has 0 aromatic rings. The monoisotopic (exact) mass is 269 g/mol. The van der Waals surface area contributed by atoms with Gasteiger partial charge in [0, 0.05) is 0 Å². The lowest BCUT2D eigenvalue weighted by Crippen LogP contribution is -2.46. The van der Waals surface area contributed by atoms with Crippen molar-refractivity contribution in [2.75, 3.05) is 13.7 Å². The van der Waals surface area contributed by atoms with Gasteiger partial charge < -0.3 is 19.5 Å². The third-order valence-electron chi connectivity index (χ3n) is 1.57. The molecule has 0 aliphatic heterocycles. The van der Waals surface area contributed by atoms with E-state index in [1.807, 2.05) is 0 Å². The van der Waals surface area contributed by atoms with E-state index in [4.69, 9.17) is 4.74 Å². The quantitative estimate of drug-likeness (QED) is 0.761. The van der Waals surface area contributed by atoms with Crippen molar-refractivity contribution in [3.05, 3.63) is 0 Å². The van der Waals surface area contributed by atoms with Crippen LogP contribution in [-0.2, 0) is 19.0 Å². The first kappa shape index (κ1) is 16.6. The summed E-state index contributed by atoms with van der Waals surface area (Å²) in [5.41, 5.74) is -0.770. The molecule has 0 fully saturated rings. The van der Waals surface area contributed by atoms with Crippen molar-refractivity contribution < 1.29 is 32.6 Å². The number of nitrogens with one attached hydrogen (secondary N) is 1. The largest absolute Gasteiger partial charge is 0.467 e. The molecule has 1 N–H and O–H groups in total. The predicted molar refractivity (Wildman–Crippen MR) is 57.1 cm³/mol. The fourth-order valence-corrected chi connectivity index (χ4v) is 0.930. The Morgan fingerprint density at radius 1 is 1.28 bits per heavy atom. The Morgan fingerprint density at radius 3 is 2.22 bits per heavy atom. The Kier molecular flexibility index (Phi) is 6.53. The first-order valence-electron chi connectivity index (χ1n) is 5.13. The van der Waals surface area contributed by atoms with Crippen molar-refractivity contribution in [2.45, 2.75) is 39.0 Å². The van der Waals surface area contributed by atoms with Gasteiger partial charge in [-0.15, -0.1) is 0 Å². The molecule has 0 bridgehead atoms. The van der Waals surface area contributed by atoms with Crippen LogP contribution < -0.4 is 5.32 Å². The second kappa shape index (κ2) is 7.10. The molecule has 0 saturated heterocycles. The molecule has 106 valence electrons.